The van der Waals surface area contributed by atoms with E-state index < -0.39 is 12.7 Å². The first kappa shape index (κ1) is 14.7. The van der Waals surface area contributed by atoms with Crippen LogP contribution in [0, 0.1) is 0 Å². The monoisotopic (exact) mass is 421 g/mol. The summed E-state index contributed by atoms with van der Waals surface area (Å²) in [7, 11) is 0. The Labute approximate surface area is 135 Å². The second kappa shape index (κ2) is 5.21. The zero-order valence-electron chi connectivity index (χ0n) is 10.4. The Morgan fingerprint density at radius 3 is 1.81 bits per heavy atom. The lowest BCUT2D eigenvalue weighted by Gasteiger charge is -2.33. The number of halogens is 5. The third-order valence-electron chi connectivity index (χ3n) is 2.98. The van der Waals surface area contributed by atoms with Crippen LogP contribution in [0.2, 0.25) is 0 Å². The molecular formula is C14H8Br2F3NO. The van der Waals surface area contributed by atoms with E-state index >= 15 is 0 Å². The Morgan fingerprint density at radius 2 is 1.38 bits per heavy atom. The van der Waals surface area contributed by atoms with Crippen molar-refractivity contribution in [2.45, 2.75) is 6.18 Å². The zero-order chi connectivity index (χ0) is 15.2. The molecule has 0 N–H and O–H groups in total. The molecule has 2 aromatic rings. The van der Waals surface area contributed by atoms with Crippen LogP contribution in [0.1, 0.15) is 0 Å². The molecule has 1 aliphatic heterocycles. The second-order valence-corrected chi connectivity index (χ2v) is 6.36. The fraction of sp³-hybridized carbons (Fsp3) is 0.143. The number of nitrogens with zero attached hydrogens (tertiary/aromatic N) is 1. The summed E-state index contributed by atoms with van der Waals surface area (Å²) in [6, 6.07) is 9.90. The molecule has 0 saturated carbocycles. The summed E-state index contributed by atoms with van der Waals surface area (Å²) in [5, 5.41) is 0. The molecule has 2 nitrogen and oxygen atoms in total. The smallest absolute Gasteiger partial charge is 0.406 e. The summed E-state index contributed by atoms with van der Waals surface area (Å²) < 4.78 is 45.9. The van der Waals surface area contributed by atoms with Gasteiger partial charge in [-0.05, 0) is 36.4 Å². The van der Waals surface area contributed by atoms with Gasteiger partial charge >= 0.3 is 6.18 Å². The molecule has 0 aromatic heterocycles. The fourth-order valence-electron chi connectivity index (χ4n) is 2.18. The average molecular weight is 423 g/mol. The summed E-state index contributed by atoms with van der Waals surface area (Å²) in [5.41, 5.74) is 0.788. The maximum absolute atomic E-state index is 12.9. The molecule has 0 radical (unpaired) electrons. The van der Waals surface area contributed by atoms with Gasteiger partial charge < -0.3 is 9.64 Å². The van der Waals surface area contributed by atoms with Crippen molar-refractivity contribution >= 4 is 43.2 Å². The first-order valence-corrected chi connectivity index (χ1v) is 7.53. The Bertz CT molecular complexity index is 652. The lowest BCUT2D eigenvalue weighted by Crippen LogP contribution is -2.32. The first-order chi connectivity index (χ1) is 9.83. The summed E-state index contributed by atoms with van der Waals surface area (Å²) in [6.07, 6.45) is -4.31. The normalized spacial score (nSPS) is 13.5. The number of hydrogen-bond donors (Lipinski definition) is 0. The molecular weight excluding hydrogens is 415 g/mol. The van der Waals surface area contributed by atoms with E-state index in [1.54, 1.807) is 36.4 Å². The molecule has 2 aromatic carbocycles. The highest BCUT2D eigenvalue weighted by atomic mass is 79.9. The molecule has 0 aliphatic carbocycles. The van der Waals surface area contributed by atoms with Crippen molar-refractivity contribution < 1.29 is 17.9 Å². The largest absolute Gasteiger partial charge is 0.453 e. The minimum Gasteiger partial charge on any atom is -0.453 e. The highest BCUT2D eigenvalue weighted by Gasteiger charge is 2.35. The number of rotatable bonds is 1. The molecule has 110 valence electrons. The predicted octanol–water partition coefficient (Wildman–Crippen LogP) is 6.02. The molecule has 1 aliphatic rings. The van der Waals surface area contributed by atoms with Crippen molar-refractivity contribution in [3.63, 3.8) is 0 Å². The first-order valence-electron chi connectivity index (χ1n) is 5.95. The molecule has 1 heterocycles. The second-order valence-electron chi connectivity index (χ2n) is 4.53. The van der Waals surface area contributed by atoms with Crippen molar-refractivity contribution in [1.29, 1.82) is 0 Å². The van der Waals surface area contributed by atoms with E-state index in [1.165, 1.54) is 4.90 Å². The number of fused-ring (bicyclic) bond motifs is 2. The van der Waals surface area contributed by atoms with Gasteiger partial charge in [-0.3, -0.25) is 0 Å². The standard InChI is InChI=1S/C14H8Br2F3NO/c15-8-1-3-10-12(5-8)21-13-6-9(16)2-4-11(13)20(10)7-14(17,18)19/h1-6H,7H2. The van der Waals surface area contributed by atoms with Crippen molar-refractivity contribution in [3.05, 3.63) is 45.3 Å². The molecule has 0 spiro atoms. The van der Waals surface area contributed by atoms with Gasteiger partial charge in [0.25, 0.3) is 0 Å². The minimum atomic E-state index is -4.31. The van der Waals surface area contributed by atoms with Gasteiger partial charge in [0.05, 0.1) is 11.4 Å². The Balaban J connectivity index is 2.14. The zero-order valence-corrected chi connectivity index (χ0v) is 13.6. The van der Waals surface area contributed by atoms with Crippen LogP contribution in [0.4, 0.5) is 24.5 Å². The van der Waals surface area contributed by atoms with E-state index in [0.717, 1.165) is 8.95 Å². The highest BCUT2D eigenvalue weighted by molar-refractivity contribution is 9.10. The average Bonchev–Trinajstić information content (AvgIpc) is 2.35. The third kappa shape index (κ3) is 3.03. The number of alkyl halides is 3. The molecule has 0 bridgehead atoms. The van der Waals surface area contributed by atoms with E-state index in [2.05, 4.69) is 31.9 Å². The SMILES string of the molecule is FC(F)(F)CN1c2ccc(Br)cc2Oc2cc(Br)ccc21. The van der Waals surface area contributed by atoms with Crippen LogP contribution < -0.4 is 9.64 Å². The van der Waals surface area contributed by atoms with Crippen molar-refractivity contribution in [2.24, 2.45) is 0 Å². The number of benzene rings is 2. The highest BCUT2D eigenvalue weighted by Crippen LogP contribution is 2.49. The summed E-state index contributed by atoms with van der Waals surface area (Å²) >= 11 is 6.59. The van der Waals surface area contributed by atoms with Gasteiger partial charge in [0, 0.05) is 8.95 Å². The molecule has 3 rings (SSSR count). The Morgan fingerprint density at radius 1 is 0.905 bits per heavy atom. The van der Waals surface area contributed by atoms with Crippen LogP contribution in [0.5, 0.6) is 11.5 Å². The molecule has 0 fully saturated rings. The number of anilines is 2. The third-order valence-corrected chi connectivity index (χ3v) is 3.97. The topological polar surface area (TPSA) is 12.5 Å². The molecule has 0 amide bonds. The van der Waals surface area contributed by atoms with Gasteiger partial charge in [0.2, 0.25) is 0 Å². The maximum Gasteiger partial charge on any atom is 0.406 e. The van der Waals surface area contributed by atoms with Gasteiger partial charge in [-0.1, -0.05) is 31.9 Å². The van der Waals surface area contributed by atoms with E-state index in [1.807, 2.05) is 0 Å². The molecule has 0 saturated heterocycles. The van der Waals surface area contributed by atoms with E-state index in [4.69, 9.17) is 4.74 Å². The van der Waals surface area contributed by atoms with Crippen molar-refractivity contribution in [3.8, 4) is 11.5 Å². The summed E-state index contributed by atoms with van der Waals surface area (Å²) in [4.78, 5) is 1.22. The van der Waals surface area contributed by atoms with Crippen LogP contribution in [0.15, 0.2) is 45.3 Å². The number of hydrogen-bond acceptors (Lipinski definition) is 2. The molecule has 0 unspecified atom stereocenters. The van der Waals surface area contributed by atoms with Crippen molar-refractivity contribution in [1.82, 2.24) is 0 Å². The lowest BCUT2D eigenvalue weighted by molar-refractivity contribution is -0.118. The fourth-order valence-corrected chi connectivity index (χ4v) is 2.86. The van der Waals surface area contributed by atoms with Gasteiger partial charge in [0.1, 0.15) is 6.54 Å². The van der Waals surface area contributed by atoms with Gasteiger partial charge in [-0.25, -0.2) is 0 Å². The van der Waals surface area contributed by atoms with Crippen molar-refractivity contribution in [2.75, 3.05) is 11.4 Å². The van der Waals surface area contributed by atoms with Gasteiger partial charge in [-0.2, -0.15) is 13.2 Å². The lowest BCUT2D eigenvalue weighted by atomic mass is 10.1. The molecule has 7 heteroatoms. The predicted molar refractivity (Wildman–Crippen MR) is 81.4 cm³/mol. The van der Waals surface area contributed by atoms with Crippen LogP contribution in [-0.4, -0.2) is 12.7 Å². The van der Waals surface area contributed by atoms with Gasteiger partial charge in [0.15, 0.2) is 11.5 Å². The Hall–Kier alpha value is -1.21. The molecule has 0 atom stereocenters. The maximum atomic E-state index is 12.9. The van der Waals surface area contributed by atoms with E-state index in [-0.39, 0.29) is 0 Å². The summed E-state index contributed by atoms with van der Waals surface area (Å²) in [5.74, 6) is 0.776. The van der Waals surface area contributed by atoms with E-state index in [0.29, 0.717) is 22.9 Å². The van der Waals surface area contributed by atoms with Crippen LogP contribution >= 0.6 is 31.9 Å². The van der Waals surface area contributed by atoms with E-state index in [9.17, 15) is 13.2 Å². The number of ether oxygens (including phenoxy) is 1. The molecule has 21 heavy (non-hydrogen) atoms. The van der Waals surface area contributed by atoms with Crippen LogP contribution in [0.3, 0.4) is 0 Å². The van der Waals surface area contributed by atoms with Gasteiger partial charge in [-0.15, -0.1) is 0 Å². The van der Waals surface area contributed by atoms with Crippen LogP contribution in [0.25, 0.3) is 0 Å². The Kier molecular flexibility index (Phi) is 3.65. The quantitative estimate of drug-likeness (QED) is 0.557. The minimum absolute atomic E-state index is 0.388. The summed E-state index contributed by atoms with van der Waals surface area (Å²) in [6.45, 7) is -1.07. The van der Waals surface area contributed by atoms with Crippen LogP contribution in [-0.2, 0) is 0 Å².